The van der Waals surface area contributed by atoms with Crippen LogP contribution in [0.15, 0.2) is 85.3 Å². The predicted octanol–water partition coefficient (Wildman–Crippen LogP) is 8.48. The number of pyridine rings is 3. The lowest BCUT2D eigenvalue weighted by molar-refractivity contribution is -0.617. The highest BCUT2D eigenvalue weighted by Gasteiger charge is 2.33. The van der Waals surface area contributed by atoms with E-state index in [2.05, 4.69) is 139 Å². The molecule has 4 aromatic heterocycles. The summed E-state index contributed by atoms with van der Waals surface area (Å²) >= 11 is 0. The highest BCUT2D eigenvalue weighted by atomic mass is 16.5. The maximum absolute atomic E-state index is 6.77. The van der Waals surface area contributed by atoms with Gasteiger partial charge in [0.05, 0.1) is 59.0 Å². The summed E-state index contributed by atoms with van der Waals surface area (Å²) in [5.74, 6) is 1.79. The minimum atomic E-state index is 0.141. The molecule has 7 nitrogen and oxygen atoms in total. The van der Waals surface area contributed by atoms with Crippen LogP contribution in [0.1, 0.15) is 43.4 Å². The number of para-hydroxylation sites is 4. The molecule has 0 radical (unpaired) electrons. The molecule has 1 aliphatic rings. The fourth-order valence-corrected chi connectivity index (χ4v) is 7.31. The molecular formula is C38H37N6O+. The molecule has 45 heavy (non-hydrogen) atoms. The molecule has 224 valence electrons. The fraction of sp³-hybridized carbons (Fsp3) is 0.237. The van der Waals surface area contributed by atoms with Gasteiger partial charge in [0.1, 0.15) is 17.4 Å². The van der Waals surface area contributed by atoms with Gasteiger partial charge < -0.3 is 14.5 Å². The first-order valence-electron chi connectivity index (χ1n) is 15.6. The molecule has 0 spiro atoms. The van der Waals surface area contributed by atoms with Crippen molar-refractivity contribution in [2.24, 2.45) is 7.05 Å². The number of hydrogen-bond acceptors (Lipinski definition) is 5. The minimum Gasteiger partial charge on any atom is -0.453 e. The Morgan fingerprint density at radius 1 is 0.778 bits per heavy atom. The predicted molar refractivity (Wildman–Crippen MR) is 183 cm³/mol. The van der Waals surface area contributed by atoms with Crippen LogP contribution in [0.25, 0.3) is 38.5 Å². The SMILES string of the molecule is Cc1c(Oc2cnc3c4c(C(C)C)cccc4n4c5ccccc5[n+](C)c4c3c2C)cncc1N1c2ccccc2N(C)[C@H]1C. The van der Waals surface area contributed by atoms with Gasteiger partial charge in [-0.15, -0.1) is 0 Å². The summed E-state index contributed by atoms with van der Waals surface area (Å²) in [7, 11) is 4.28. The second-order valence-corrected chi connectivity index (χ2v) is 12.6. The van der Waals surface area contributed by atoms with Gasteiger partial charge in [-0.2, -0.15) is 4.40 Å². The first-order chi connectivity index (χ1) is 21.8. The summed E-state index contributed by atoms with van der Waals surface area (Å²) in [6.45, 7) is 11.0. The zero-order chi connectivity index (χ0) is 31.1. The minimum absolute atomic E-state index is 0.141. The maximum atomic E-state index is 6.77. The molecule has 0 unspecified atom stereocenters. The average molecular weight is 594 g/mol. The zero-order valence-electron chi connectivity index (χ0n) is 26.8. The van der Waals surface area contributed by atoms with Crippen LogP contribution >= 0.6 is 0 Å². The van der Waals surface area contributed by atoms with Crippen molar-refractivity contribution in [1.29, 1.82) is 0 Å². The van der Waals surface area contributed by atoms with Crippen LogP contribution in [0.4, 0.5) is 17.1 Å². The molecule has 3 aromatic carbocycles. The van der Waals surface area contributed by atoms with Crippen LogP contribution in [-0.4, -0.2) is 27.6 Å². The molecule has 0 amide bonds. The molecule has 0 saturated heterocycles. The van der Waals surface area contributed by atoms with E-state index in [1.165, 1.54) is 38.9 Å². The van der Waals surface area contributed by atoms with Crippen molar-refractivity contribution in [3.63, 3.8) is 0 Å². The number of benzene rings is 3. The van der Waals surface area contributed by atoms with E-state index in [1.54, 1.807) is 0 Å². The van der Waals surface area contributed by atoms with Crippen LogP contribution in [-0.2, 0) is 7.05 Å². The number of hydrogen-bond donors (Lipinski definition) is 0. The first kappa shape index (κ1) is 27.4. The van der Waals surface area contributed by atoms with Gasteiger partial charge in [-0.3, -0.25) is 9.97 Å². The van der Waals surface area contributed by atoms with Crippen LogP contribution in [0, 0.1) is 13.8 Å². The number of aryl methyl sites for hydroxylation is 2. The summed E-state index contributed by atoms with van der Waals surface area (Å²) in [4.78, 5) is 14.5. The number of aromatic nitrogens is 4. The monoisotopic (exact) mass is 593 g/mol. The molecule has 5 heterocycles. The molecule has 0 aliphatic carbocycles. The van der Waals surface area contributed by atoms with Crippen molar-refractivity contribution < 1.29 is 9.30 Å². The van der Waals surface area contributed by atoms with E-state index < -0.39 is 0 Å². The summed E-state index contributed by atoms with van der Waals surface area (Å²) in [6, 6.07) is 23.7. The molecule has 7 heteroatoms. The van der Waals surface area contributed by atoms with Crippen molar-refractivity contribution in [2.45, 2.75) is 46.7 Å². The van der Waals surface area contributed by atoms with E-state index >= 15 is 0 Å². The molecule has 0 N–H and O–H groups in total. The van der Waals surface area contributed by atoms with E-state index in [1.807, 2.05) is 18.6 Å². The van der Waals surface area contributed by atoms with E-state index in [0.29, 0.717) is 5.92 Å². The van der Waals surface area contributed by atoms with Crippen molar-refractivity contribution in [3.05, 3.63) is 102 Å². The summed E-state index contributed by atoms with van der Waals surface area (Å²) in [5.41, 5.74) is 12.4. The van der Waals surface area contributed by atoms with Crippen molar-refractivity contribution in [2.75, 3.05) is 16.8 Å². The molecule has 8 rings (SSSR count). The molecule has 1 aliphatic heterocycles. The van der Waals surface area contributed by atoms with Crippen molar-refractivity contribution >= 4 is 55.5 Å². The number of imidazole rings is 1. The zero-order valence-corrected chi connectivity index (χ0v) is 26.8. The second kappa shape index (κ2) is 9.92. The van der Waals surface area contributed by atoms with Gasteiger partial charge in [0.15, 0.2) is 16.8 Å². The number of rotatable bonds is 4. The van der Waals surface area contributed by atoms with Crippen LogP contribution in [0.5, 0.6) is 11.5 Å². The van der Waals surface area contributed by atoms with Crippen LogP contribution < -0.4 is 19.1 Å². The molecular weight excluding hydrogens is 556 g/mol. The van der Waals surface area contributed by atoms with E-state index in [-0.39, 0.29) is 6.17 Å². The summed E-state index contributed by atoms with van der Waals surface area (Å²) < 4.78 is 11.4. The lowest BCUT2D eigenvalue weighted by atomic mass is 9.95. The molecule has 7 aromatic rings. The van der Waals surface area contributed by atoms with E-state index in [9.17, 15) is 0 Å². The average Bonchev–Trinajstić information content (AvgIpc) is 3.49. The van der Waals surface area contributed by atoms with Crippen molar-refractivity contribution in [3.8, 4) is 11.5 Å². The van der Waals surface area contributed by atoms with Crippen molar-refractivity contribution in [1.82, 2.24) is 14.4 Å². The van der Waals surface area contributed by atoms with Gasteiger partial charge in [0, 0.05) is 18.2 Å². The quantitative estimate of drug-likeness (QED) is 0.151. The largest absolute Gasteiger partial charge is 0.453 e. The highest BCUT2D eigenvalue weighted by Crippen LogP contribution is 2.46. The third-order valence-electron chi connectivity index (χ3n) is 9.78. The van der Waals surface area contributed by atoms with E-state index in [0.717, 1.165) is 44.9 Å². The lowest BCUT2D eigenvalue weighted by Crippen LogP contribution is -2.36. The molecule has 0 bridgehead atoms. The number of ether oxygens (including phenoxy) is 1. The molecule has 1 atom stereocenters. The Morgan fingerprint density at radius 2 is 1.49 bits per heavy atom. The Labute approximate surface area is 262 Å². The van der Waals surface area contributed by atoms with E-state index in [4.69, 9.17) is 9.72 Å². The van der Waals surface area contributed by atoms with Gasteiger partial charge in [-0.05, 0) is 62.6 Å². The van der Waals surface area contributed by atoms with Crippen LogP contribution in [0.2, 0.25) is 0 Å². The Morgan fingerprint density at radius 3 is 2.29 bits per heavy atom. The third-order valence-corrected chi connectivity index (χ3v) is 9.78. The lowest BCUT2D eigenvalue weighted by Gasteiger charge is -2.29. The highest BCUT2D eigenvalue weighted by molar-refractivity contribution is 6.13. The van der Waals surface area contributed by atoms with Gasteiger partial charge in [-0.25, -0.2) is 4.57 Å². The topological polar surface area (TPSA) is 49.8 Å². The smallest absolute Gasteiger partial charge is 0.297 e. The number of fused-ring (bicyclic) bond motifs is 9. The first-order valence-corrected chi connectivity index (χ1v) is 15.6. The molecule has 0 fully saturated rings. The second-order valence-electron chi connectivity index (χ2n) is 12.6. The fourth-order valence-electron chi connectivity index (χ4n) is 7.31. The Hall–Kier alpha value is -5.17. The van der Waals surface area contributed by atoms with Crippen LogP contribution in [0.3, 0.4) is 0 Å². The standard InChI is InChI=1S/C38H37N6O/c1-22(2)26-13-12-18-31-36(26)37-35(38-42(7)28-15-9-11-17-30(28)44(31)38)24(4)34(21-40-37)45-33-20-39-19-32(23(33)3)43-25(5)41(6)27-14-8-10-16-29(27)43/h8-22,25H,1-7H3/q+1/t25-/m1/s1. The summed E-state index contributed by atoms with van der Waals surface area (Å²) in [6.07, 6.45) is 5.79. The van der Waals surface area contributed by atoms with Gasteiger partial charge in [-0.1, -0.05) is 50.2 Å². The third kappa shape index (κ3) is 3.79. The Bertz CT molecular complexity index is 2320. The van der Waals surface area contributed by atoms with Gasteiger partial charge in [0.25, 0.3) is 5.65 Å². The maximum Gasteiger partial charge on any atom is 0.297 e. The Kier molecular flexibility index (Phi) is 6.04. The number of nitrogens with zero attached hydrogens (tertiary/aromatic N) is 6. The summed E-state index contributed by atoms with van der Waals surface area (Å²) in [5, 5.41) is 2.29. The van der Waals surface area contributed by atoms with Gasteiger partial charge >= 0.3 is 0 Å². The normalized spacial score (nSPS) is 14.9. The molecule has 0 saturated carbocycles. The number of anilines is 3. The Balaban J connectivity index is 1.35. The van der Waals surface area contributed by atoms with Gasteiger partial charge in [0.2, 0.25) is 0 Å².